The molecule has 0 aliphatic carbocycles. The first kappa shape index (κ1) is 16.0. The Labute approximate surface area is 146 Å². The maximum absolute atomic E-state index is 4.66. The number of nitrogens with one attached hydrogen (secondary N) is 1. The van der Waals surface area contributed by atoms with Crippen LogP contribution >= 0.6 is 15.9 Å². The van der Waals surface area contributed by atoms with Gasteiger partial charge in [0.2, 0.25) is 0 Å². The average Bonchev–Trinajstić information content (AvgIpc) is 2.48. The van der Waals surface area contributed by atoms with Crippen LogP contribution in [-0.2, 0) is 0 Å². The first-order valence-electron chi connectivity index (χ1n) is 7.86. The number of para-hydroxylation sites is 1. The molecule has 23 heavy (non-hydrogen) atoms. The maximum atomic E-state index is 4.66. The Balaban J connectivity index is 2.06. The van der Waals surface area contributed by atoms with Gasteiger partial charge >= 0.3 is 0 Å². The Kier molecular flexibility index (Phi) is 4.40. The van der Waals surface area contributed by atoms with E-state index in [1.54, 1.807) is 0 Å². The molecule has 0 aliphatic heterocycles. The minimum Gasteiger partial charge on any atom is -0.378 e. The fourth-order valence-corrected chi connectivity index (χ4v) is 3.73. The zero-order chi connectivity index (χ0) is 16.6. The summed E-state index contributed by atoms with van der Waals surface area (Å²) in [4.78, 5) is 4.66. The third-order valence-electron chi connectivity index (χ3n) is 4.27. The SMILES string of the molecule is Cc1cc(NC(C)c2c(C)cccc2C)c2cccc(Br)c2n1. The van der Waals surface area contributed by atoms with Crippen LogP contribution in [0.25, 0.3) is 10.9 Å². The minimum absolute atomic E-state index is 0.236. The maximum Gasteiger partial charge on any atom is 0.0867 e. The van der Waals surface area contributed by atoms with Gasteiger partial charge in [0.25, 0.3) is 0 Å². The zero-order valence-electron chi connectivity index (χ0n) is 13.9. The van der Waals surface area contributed by atoms with Gasteiger partial charge < -0.3 is 5.32 Å². The van der Waals surface area contributed by atoms with Crippen LogP contribution in [0, 0.1) is 20.8 Å². The van der Waals surface area contributed by atoms with E-state index in [4.69, 9.17) is 0 Å². The highest BCUT2D eigenvalue weighted by Crippen LogP contribution is 2.32. The highest BCUT2D eigenvalue weighted by molar-refractivity contribution is 9.10. The molecule has 3 aromatic rings. The number of anilines is 1. The van der Waals surface area contributed by atoms with Crippen molar-refractivity contribution < 1.29 is 0 Å². The molecule has 1 aromatic heterocycles. The Morgan fingerprint density at radius 2 is 1.65 bits per heavy atom. The summed E-state index contributed by atoms with van der Waals surface area (Å²) in [6.07, 6.45) is 0. The van der Waals surface area contributed by atoms with Crippen LogP contribution in [-0.4, -0.2) is 4.98 Å². The van der Waals surface area contributed by atoms with Crippen LogP contribution in [0.15, 0.2) is 46.9 Å². The third-order valence-corrected chi connectivity index (χ3v) is 4.91. The fourth-order valence-electron chi connectivity index (χ4n) is 3.28. The highest BCUT2D eigenvalue weighted by atomic mass is 79.9. The van der Waals surface area contributed by atoms with Gasteiger partial charge in [0.05, 0.1) is 5.52 Å². The predicted octanol–water partition coefficient (Wildman–Crippen LogP) is 6.10. The van der Waals surface area contributed by atoms with Crippen molar-refractivity contribution in [2.75, 3.05) is 5.32 Å². The molecule has 0 bridgehead atoms. The van der Waals surface area contributed by atoms with Gasteiger partial charge in [-0.1, -0.05) is 30.3 Å². The molecule has 1 atom stereocenters. The summed E-state index contributed by atoms with van der Waals surface area (Å²) in [7, 11) is 0. The molecule has 118 valence electrons. The van der Waals surface area contributed by atoms with Gasteiger partial charge in [0, 0.05) is 27.3 Å². The van der Waals surface area contributed by atoms with Gasteiger partial charge in [0.1, 0.15) is 0 Å². The van der Waals surface area contributed by atoms with E-state index in [9.17, 15) is 0 Å². The van der Waals surface area contributed by atoms with E-state index in [-0.39, 0.29) is 6.04 Å². The molecule has 1 heterocycles. The second kappa shape index (κ2) is 6.32. The van der Waals surface area contributed by atoms with E-state index in [0.717, 1.165) is 26.8 Å². The van der Waals surface area contributed by atoms with Crippen LogP contribution < -0.4 is 5.32 Å². The Bertz CT molecular complexity index is 851. The first-order valence-corrected chi connectivity index (χ1v) is 8.65. The number of hydrogen-bond donors (Lipinski definition) is 1. The van der Waals surface area contributed by atoms with Crippen molar-refractivity contribution in [2.24, 2.45) is 0 Å². The monoisotopic (exact) mass is 368 g/mol. The number of pyridine rings is 1. The molecule has 3 rings (SSSR count). The van der Waals surface area contributed by atoms with Crippen molar-refractivity contribution in [3.8, 4) is 0 Å². The van der Waals surface area contributed by atoms with E-state index in [0.29, 0.717) is 0 Å². The summed E-state index contributed by atoms with van der Waals surface area (Å²) >= 11 is 3.61. The van der Waals surface area contributed by atoms with Gasteiger partial charge in [-0.2, -0.15) is 0 Å². The molecule has 0 aliphatic rings. The molecule has 0 saturated carbocycles. The second-order valence-electron chi connectivity index (χ2n) is 6.12. The molecular formula is C20H21BrN2. The predicted molar refractivity (Wildman–Crippen MR) is 102 cm³/mol. The van der Waals surface area contributed by atoms with Gasteiger partial charge in [-0.25, -0.2) is 0 Å². The highest BCUT2D eigenvalue weighted by Gasteiger charge is 2.13. The van der Waals surface area contributed by atoms with E-state index in [1.165, 1.54) is 16.7 Å². The summed E-state index contributed by atoms with van der Waals surface area (Å²) in [6.45, 7) is 8.60. The topological polar surface area (TPSA) is 24.9 Å². The molecule has 0 saturated heterocycles. The van der Waals surface area contributed by atoms with Gasteiger partial charge in [-0.05, 0) is 72.4 Å². The van der Waals surface area contributed by atoms with Crippen molar-refractivity contribution in [3.05, 3.63) is 69.3 Å². The Hall–Kier alpha value is -1.87. The van der Waals surface area contributed by atoms with Crippen molar-refractivity contribution in [1.82, 2.24) is 4.98 Å². The van der Waals surface area contributed by atoms with Crippen LogP contribution in [0.2, 0.25) is 0 Å². The van der Waals surface area contributed by atoms with Gasteiger partial charge in [-0.15, -0.1) is 0 Å². The molecule has 1 unspecified atom stereocenters. The van der Waals surface area contributed by atoms with Gasteiger partial charge in [0.15, 0.2) is 0 Å². The number of benzene rings is 2. The lowest BCUT2D eigenvalue weighted by Crippen LogP contribution is -2.10. The number of aromatic nitrogens is 1. The summed E-state index contributed by atoms with van der Waals surface area (Å²) < 4.78 is 1.03. The van der Waals surface area contributed by atoms with Crippen LogP contribution in [0.5, 0.6) is 0 Å². The van der Waals surface area contributed by atoms with Crippen molar-refractivity contribution in [1.29, 1.82) is 0 Å². The van der Waals surface area contributed by atoms with Gasteiger partial charge in [-0.3, -0.25) is 4.98 Å². The number of fused-ring (bicyclic) bond motifs is 1. The summed E-state index contributed by atoms with van der Waals surface area (Å²) in [5.41, 5.74) is 7.15. The summed E-state index contributed by atoms with van der Waals surface area (Å²) in [6, 6.07) is 15.0. The third kappa shape index (κ3) is 3.11. The molecule has 3 heteroatoms. The molecular weight excluding hydrogens is 348 g/mol. The number of halogens is 1. The lowest BCUT2D eigenvalue weighted by atomic mass is 9.97. The van der Waals surface area contributed by atoms with E-state index >= 15 is 0 Å². The summed E-state index contributed by atoms with van der Waals surface area (Å²) in [5, 5.41) is 4.83. The Morgan fingerprint density at radius 3 is 2.35 bits per heavy atom. The summed E-state index contributed by atoms with van der Waals surface area (Å²) in [5.74, 6) is 0. The number of aryl methyl sites for hydroxylation is 3. The Morgan fingerprint density at radius 1 is 1.00 bits per heavy atom. The lowest BCUT2D eigenvalue weighted by Gasteiger charge is -2.21. The quantitative estimate of drug-likeness (QED) is 0.604. The molecule has 0 amide bonds. The van der Waals surface area contributed by atoms with E-state index in [1.807, 2.05) is 13.0 Å². The largest absolute Gasteiger partial charge is 0.378 e. The molecule has 0 fully saturated rings. The van der Waals surface area contributed by atoms with Crippen LogP contribution in [0.4, 0.5) is 5.69 Å². The lowest BCUT2D eigenvalue weighted by molar-refractivity contribution is 0.864. The number of hydrogen-bond acceptors (Lipinski definition) is 2. The second-order valence-corrected chi connectivity index (χ2v) is 6.97. The fraction of sp³-hybridized carbons (Fsp3) is 0.250. The smallest absolute Gasteiger partial charge is 0.0867 e. The first-order chi connectivity index (χ1) is 11.0. The van der Waals surface area contributed by atoms with Crippen molar-refractivity contribution in [2.45, 2.75) is 33.7 Å². The zero-order valence-corrected chi connectivity index (χ0v) is 15.5. The molecule has 2 nitrogen and oxygen atoms in total. The normalized spacial score (nSPS) is 12.4. The average molecular weight is 369 g/mol. The molecule has 0 radical (unpaired) electrons. The standard InChI is InChI=1S/C20H21BrN2/c1-12-7-5-8-13(2)19(12)15(4)23-18-11-14(3)22-20-16(18)9-6-10-17(20)21/h5-11,15H,1-4H3,(H,22,23). The molecule has 0 spiro atoms. The van der Waals surface area contributed by atoms with Crippen LogP contribution in [0.3, 0.4) is 0 Å². The van der Waals surface area contributed by atoms with Crippen molar-refractivity contribution in [3.63, 3.8) is 0 Å². The number of nitrogens with zero attached hydrogens (tertiary/aromatic N) is 1. The molecule has 2 aromatic carbocycles. The van der Waals surface area contributed by atoms with E-state index < -0.39 is 0 Å². The van der Waals surface area contributed by atoms with Crippen molar-refractivity contribution >= 4 is 32.5 Å². The molecule has 1 N–H and O–H groups in total. The van der Waals surface area contributed by atoms with Crippen LogP contribution in [0.1, 0.15) is 35.3 Å². The minimum atomic E-state index is 0.236. The van der Waals surface area contributed by atoms with E-state index in [2.05, 4.69) is 83.4 Å². The number of rotatable bonds is 3.